The van der Waals surface area contributed by atoms with Gasteiger partial charge in [0.05, 0.1) is 22.1 Å². The molecule has 1 fully saturated rings. The standard InChI is InChI=1S/C11H7ClN2O5/c12-5-1-8(14(16)17)9(13-3-5)7-2-6-4-18-11(19-6)10(7)15/h1-3,6,11H,4H2/t6-,11+/m0/s1. The lowest BCUT2D eigenvalue weighted by Crippen LogP contribution is -2.28. The maximum atomic E-state index is 12.0. The summed E-state index contributed by atoms with van der Waals surface area (Å²) in [6.45, 7) is 0.251. The molecular weight excluding hydrogens is 276 g/mol. The van der Waals surface area contributed by atoms with E-state index in [1.165, 1.54) is 12.3 Å². The number of hydrogen-bond donors (Lipinski definition) is 0. The Morgan fingerprint density at radius 3 is 3.05 bits per heavy atom. The number of ether oxygens (including phenoxy) is 2. The van der Waals surface area contributed by atoms with Gasteiger partial charge < -0.3 is 9.47 Å². The summed E-state index contributed by atoms with van der Waals surface area (Å²) < 4.78 is 10.3. The van der Waals surface area contributed by atoms with Crippen molar-refractivity contribution in [3.63, 3.8) is 0 Å². The fourth-order valence-electron chi connectivity index (χ4n) is 2.01. The minimum atomic E-state index is -0.998. The fraction of sp³-hybridized carbons (Fsp3) is 0.273. The van der Waals surface area contributed by atoms with Gasteiger partial charge in [0.2, 0.25) is 12.1 Å². The maximum absolute atomic E-state index is 12.0. The van der Waals surface area contributed by atoms with Crippen LogP contribution in [0.2, 0.25) is 5.02 Å². The van der Waals surface area contributed by atoms with Crippen molar-refractivity contribution in [2.75, 3.05) is 6.61 Å². The molecule has 19 heavy (non-hydrogen) atoms. The van der Waals surface area contributed by atoms with Crippen LogP contribution in [0.1, 0.15) is 5.69 Å². The summed E-state index contributed by atoms with van der Waals surface area (Å²) in [5, 5.41) is 11.1. The normalized spacial score (nSPS) is 25.3. The lowest BCUT2D eigenvalue weighted by molar-refractivity contribution is -0.385. The van der Waals surface area contributed by atoms with Gasteiger partial charge in [-0.05, 0) is 6.08 Å². The van der Waals surface area contributed by atoms with Gasteiger partial charge in [-0.25, -0.2) is 4.98 Å². The van der Waals surface area contributed by atoms with Crippen LogP contribution in [0.15, 0.2) is 18.3 Å². The Morgan fingerprint density at radius 2 is 2.32 bits per heavy atom. The van der Waals surface area contributed by atoms with Crippen molar-refractivity contribution in [2.45, 2.75) is 12.4 Å². The molecule has 98 valence electrons. The SMILES string of the molecule is O=C1C(c2ncc(Cl)cc2[N+](=O)[O-])=C[C@H]2CO[C@@H]1O2. The predicted octanol–water partition coefficient (Wildman–Crippen LogP) is 1.35. The largest absolute Gasteiger partial charge is 0.343 e. The quantitative estimate of drug-likeness (QED) is 0.600. The smallest absolute Gasteiger partial charge is 0.297 e. The van der Waals surface area contributed by atoms with E-state index in [9.17, 15) is 14.9 Å². The Morgan fingerprint density at radius 1 is 1.53 bits per heavy atom. The van der Waals surface area contributed by atoms with E-state index in [0.29, 0.717) is 0 Å². The molecule has 0 N–H and O–H groups in total. The number of rotatable bonds is 2. The van der Waals surface area contributed by atoms with E-state index in [0.717, 1.165) is 6.07 Å². The number of fused-ring (bicyclic) bond motifs is 2. The van der Waals surface area contributed by atoms with Crippen LogP contribution in [0.5, 0.6) is 0 Å². The van der Waals surface area contributed by atoms with Gasteiger partial charge in [0, 0.05) is 12.3 Å². The molecule has 2 aliphatic heterocycles. The minimum Gasteiger partial charge on any atom is -0.343 e. The van der Waals surface area contributed by atoms with Gasteiger partial charge in [0.1, 0.15) is 6.10 Å². The minimum absolute atomic E-state index is 0.0109. The zero-order valence-corrected chi connectivity index (χ0v) is 10.2. The van der Waals surface area contributed by atoms with Crippen molar-refractivity contribution < 1.29 is 19.2 Å². The van der Waals surface area contributed by atoms with Gasteiger partial charge in [0.15, 0.2) is 5.69 Å². The lowest BCUT2D eigenvalue weighted by atomic mass is 10.0. The van der Waals surface area contributed by atoms with Gasteiger partial charge in [-0.1, -0.05) is 11.6 Å². The van der Waals surface area contributed by atoms with E-state index in [2.05, 4.69) is 4.98 Å². The van der Waals surface area contributed by atoms with Crippen LogP contribution < -0.4 is 0 Å². The molecule has 0 unspecified atom stereocenters. The Kier molecular flexibility index (Phi) is 2.81. The van der Waals surface area contributed by atoms with Crippen LogP contribution >= 0.6 is 11.6 Å². The molecule has 0 amide bonds. The number of halogens is 1. The molecule has 3 heterocycles. The van der Waals surface area contributed by atoms with Gasteiger partial charge in [0.25, 0.3) is 5.69 Å². The Labute approximate surface area is 111 Å². The number of ketones is 1. The van der Waals surface area contributed by atoms with E-state index in [1.807, 2.05) is 0 Å². The summed E-state index contributed by atoms with van der Waals surface area (Å²) in [7, 11) is 0. The molecule has 1 aromatic rings. The second-order valence-corrected chi connectivity index (χ2v) is 4.50. The van der Waals surface area contributed by atoms with Crippen molar-refractivity contribution in [2.24, 2.45) is 0 Å². The summed E-state index contributed by atoms with van der Waals surface area (Å²) in [5.41, 5.74) is -0.182. The Balaban J connectivity index is 2.12. The van der Waals surface area contributed by atoms with Crippen molar-refractivity contribution in [1.29, 1.82) is 0 Å². The van der Waals surface area contributed by atoms with Gasteiger partial charge in [-0.2, -0.15) is 0 Å². The Hall–Kier alpha value is -1.83. The van der Waals surface area contributed by atoms with E-state index < -0.39 is 17.0 Å². The molecule has 8 heteroatoms. The zero-order chi connectivity index (χ0) is 13.6. The van der Waals surface area contributed by atoms with Crippen LogP contribution in [0.4, 0.5) is 5.69 Å². The number of nitro groups is 1. The average molecular weight is 283 g/mol. The van der Waals surface area contributed by atoms with Gasteiger partial charge in [-0.3, -0.25) is 14.9 Å². The second kappa shape index (κ2) is 4.37. The third kappa shape index (κ3) is 2.01. The van der Waals surface area contributed by atoms with Crippen LogP contribution in [0, 0.1) is 10.1 Å². The number of aromatic nitrogens is 1. The van der Waals surface area contributed by atoms with E-state index in [-0.39, 0.29) is 34.7 Å². The molecule has 0 saturated carbocycles. The predicted molar refractivity (Wildman–Crippen MR) is 63.5 cm³/mol. The second-order valence-electron chi connectivity index (χ2n) is 4.06. The third-order valence-electron chi connectivity index (χ3n) is 2.83. The molecular formula is C11H7ClN2O5. The highest BCUT2D eigenvalue weighted by Gasteiger charge is 2.40. The van der Waals surface area contributed by atoms with Gasteiger partial charge >= 0.3 is 0 Å². The van der Waals surface area contributed by atoms with Crippen molar-refractivity contribution in [3.05, 3.63) is 39.2 Å². The molecule has 2 atom stereocenters. The molecule has 0 aromatic carbocycles. The van der Waals surface area contributed by atoms with E-state index in [1.54, 1.807) is 0 Å². The third-order valence-corrected chi connectivity index (χ3v) is 3.04. The number of nitrogens with zero attached hydrogens (tertiary/aromatic N) is 2. The average Bonchev–Trinajstić information content (AvgIpc) is 2.78. The molecule has 7 nitrogen and oxygen atoms in total. The first-order valence-electron chi connectivity index (χ1n) is 5.39. The first-order chi connectivity index (χ1) is 9.06. The first kappa shape index (κ1) is 12.2. The number of carbonyl (C=O) groups is 1. The van der Waals surface area contributed by atoms with Crippen LogP contribution in [-0.2, 0) is 14.3 Å². The first-order valence-corrected chi connectivity index (χ1v) is 5.77. The summed E-state index contributed by atoms with van der Waals surface area (Å²) in [4.78, 5) is 26.3. The number of Topliss-reactive ketones (excluding diaryl/α,β-unsaturated/α-hetero) is 1. The molecule has 1 saturated heterocycles. The lowest BCUT2D eigenvalue weighted by Gasteiger charge is -2.16. The Bertz CT molecular complexity index is 615. The molecule has 0 spiro atoms. The van der Waals surface area contributed by atoms with Gasteiger partial charge in [-0.15, -0.1) is 0 Å². The van der Waals surface area contributed by atoms with E-state index in [4.69, 9.17) is 21.1 Å². The molecule has 2 bridgehead atoms. The van der Waals surface area contributed by atoms with Crippen LogP contribution in [0.25, 0.3) is 5.57 Å². The number of carbonyl (C=O) groups excluding carboxylic acids is 1. The van der Waals surface area contributed by atoms with Crippen LogP contribution in [0.3, 0.4) is 0 Å². The monoisotopic (exact) mass is 282 g/mol. The zero-order valence-electron chi connectivity index (χ0n) is 9.41. The van der Waals surface area contributed by atoms with Crippen molar-refractivity contribution in [1.82, 2.24) is 4.98 Å². The summed E-state index contributed by atoms with van der Waals surface area (Å²) in [6, 6.07) is 1.16. The molecule has 2 aliphatic rings. The summed E-state index contributed by atoms with van der Waals surface area (Å²) in [5.74, 6) is -0.466. The molecule has 1 aromatic heterocycles. The number of pyridine rings is 1. The molecule has 0 radical (unpaired) electrons. The summed E-state index contributed by atoms with van der Waals surface area (Å²) >= 11 is 5.69. The molecule has 3 rings (SSSR count). The van der Waals surface area contributed by atoms with Crippen molar-refractivity contribution >= 4 is 28.6 Å². The highest BCUT2D eigenvalue weighted by atomic mass is 35.5. The van der Waals surface area contributed by atoms with Crippen molar-refractivity contribution in [3.8, 4) is 0 Å². The number of hydrogen-bond acceptors (Lipinski definition) is 6. The van der Waals surface area contributed by atoms with E-state index >= 15 is 0 Å². The summed E-state index contributed by atoms with van der Waals surface area (Å²) in [6.07, 6.45) is 1.38. The highest BCUT2D eigenvalue weighted by Crippen LogP contribution is 2.33. The maximum Gasteiger partial charge on any atom is 0.297 e. The highest BCUT2D eigenvalue weighted by molar-refractivity contribution is 6.31. The molecule has 0 aliphatic carbocycles. The fourth-order valence-corrected chi connectivity index (χ4v) is 2.16. The topological polar surface area (TPSA) is 91.6 Å². The van der Waals surface area contributed by atoms with Crippen LogP contribution in [-0.4, -0.2) is 34.7 Å².